The maximum absolute atomic E-state index is 10.8. The Morgan fingerprint density at radius 1 is 1.32 bits per heavy atom. The Kier molecular flexibility index (Phi) is 2.41. The first-order valence-electron chi connectivity index (χ1n) is 5.85. The predicted molar refractivity (Wildman–Crippen MR) is 70.2 cm³/mol. The van der Waals surface area contributed by atoms with E-state index in [1.54, 1.807) is 0 Å². The van der Waals surface area contributed by atoms with Crippen molar-refractivity contribution >= 4 is 16.9 Å². The van der Waals surface area contributed by atoms with Gasteiger partial charge >= 0.3 is 5.97 Å². The van der Waals surface area contributed by atoms with E-state index in [9.17, 15) is 4.79 Å². The first kappa shape index (κ1) is 11.5. The molecule has 5 nitrogen and oxygen atoms in total. The number of fused-ring (bicyclic) bond motifs is 1. The van der Waals surface area contributed by atoms with Gasteiger partial charge in [-0.1, -0.05) is 17.3 Å². The van der Waals surface area contributed by atoms with Crippen LogP contribution in [-0.4, -0.2) is 21.2 Å². The van der Waals surface area contributed by atoms with Crippen molar-refractivity contribution in [3.8, 4) is 11.3 Å². The minimum Gasteiger partial charge on any atom is -0.476 e. The molecule has 3 rings (SSSR count). The summed E-state index contributed by atoms with van der Waals surface area (Å²) >= 11 is 0. The van der Waals surface area contributed by atoms with Crippen molar-refractivity contribution < 1.29 is 14.4 Å². The number of H-pyrrole nitrogens is 1. The highest BCUT2D eigenvalue weighted by Crippen LogP contribution is 2.27. The van der Waals surface area contributed by atoms with Crippen molar-refractivity contribution in [1.82, 2.24) is 10.1 Å². The summed E-state index contributed by atoms with van der Waals surface area (Å²) in [5.74, 6) is -0.646. The number of benzene rings is 1. The number of rotatable bonds is 2. The maximum Gasteiger partial charge on any atom is 0.358 e. The molecule has 0 saturated heterocycles. The molecule has 2 heterocycles. The molecule has 0 fully saturated rings. The van der Waals surface area contributed by atoms with Gasteiger partial charge in [0.25, 0.3) is 0 Å². The molecule has 0 saturated carbocycles. The third-order valence-electron chi connectivity index (χ3n) is 3.32. The van der Waals surface area contributed by atoms with Crippen molar-refractivity contribution in [1.29, 1.82) is 0 Å². The topological polar surface area (TPSA) is 79.1 Å². The largest absolute Gasteiger partial charge is 0.476 e. The van der Waals surface area contributed by atoms with Gasteiger partial charge < -0.3 is 14.6 Å². The molecule has 1 aromatic carbocycles. The van der Waals surface area contributed by atoms with Crippen LogP contribution in [0.2, 0.25) is 0 Å². The second-order valence-electron chi connectivity index (χ2n) is 4.52. The molecule has 3 aromatic rings. The lowest BCUT2D eigenvalue weighted by Gasteiger charge is -1.96. The van der Waals surface area contributed by atoms with E-state index in [0.29, 0.717) is 5.76 Å². The molecule has 2 aromatic heterocycles. The fourth-order valence-corrected chi connectivity index (χ4v) is 2.14. The second-order valence-corrected chi connectivity index (χ2v) is 4.52. The minimum absolute atomic E-state index is 0.0889. The van der Waals surface area contributed by atoms with Gasteiger partial charge in [-0.05, 0) is 25.5 Å². The molecule has 0 aliphatic rings. The van der Waals surface area contributed by atoms with Gasteiger partial charge in [-0.15, -0.1) is 0 Å². The molecule has 0 atom stereocenters. The Labute approximate surface area is 108 Å². The van der Waals surface area contributed by atoms with Gasteiger partial charge in [0.05, 0.1) is 0 Å². The third kappa shape index (κ3) is 1.79. The number of carboxylic acids is 1. The van der Waals surface area contributed by atoms with Crippen molar-refractivity contribution in [2.45, 2.75) is 13.8 Å². The van der Waals surface area contributed by atoms with Gasteiger partial charge in [0.2, 0.25) is 0 Å². The fraction of sp³-hybridized carbons (Fsp3) is 0.143. The number of hydrogen-bond acceptors (Lipinski definition) is 3. The van der Waals surface area contributed by atoms with Crippen LogP contribution in [0.4, 0.5) is 0 Å². The van der Waals surface area contributed by atoms with Crippen LogP contribution in [0.3, 0.4) is 0 Å². The number of nitrogens with one attached hydrogen (secondary N) is 1. The summed E-state index contributed by atoms with van der Waals surface area (Å²) in [7, 11) is 0. The molecule has 2 N–H and O–H groups in total. The van der Waals surface area contributed by atoms with Gasteiger partial charge in [-0.3, -0.25) is 0 Å². The summed E-state index contributed by atoms with van der Waals surface area (Å²) in [5.41, 5.74) is 4.05. The van der Waals surface area contributed by atoms with E-state index in [0.717, 1.165) is 22.2 Å². The smallest absolute Gasteiger partial charge is 0.358 e. The lowest BCUT2D eigenvalue weighted by molar-refractivity contribution is 0.0686. The van der Waals surface area contributed by atoms with Crippen LogP contribution in [0.15, 0.2) is 28.8 Å². The van der Waals surface area contributed by atoms with Crippen LogP contribution in [0.5, 0.6) is 0 Å². The zero-order chi connectivity index (χ0) is 13.6. The van der Waals surface area contributed by atoms with Crippen molar-refractivity contribution in [3.05, 3.63) is 41.2 Å². The normalized spacial score (nSPS) is 11.1. The van der Waals surface area contributed by atoms with Crippen LogP contribution < -0.4 is 0 Å². The molecular formula is C14H12N2O3. The molecule has 0 unspecified atom stereocenters. The summed E-state index contributed by atoms with van der Waals surface area (Å²) in [5, 5.41) is 13.5. The molecular weight excluding hydrogens is 244 g/mol. The third-order valence-corrected chi connectivity index (χ3v) is 3.32. The van der Waals surface area contributed by atoms with Crippen molar-refractivity contribution in [2.75, 3.05) is 0 Å². The molecule has 0 bridgehead atoms. The Morgan fingerprint density at radius 2 is 2.11 bits per heavy atom. The van der Waals surface area contributed by atoms with Crippen LogP contribution in [0, 0.1) is 13.8 Å². The van der Waals surface area contributed by atoms with E-state index in [1.807, 2.05) is 25.1 Å². The molecule has 0 spiro atoms. The number of nitrogens with zero attached hydrogens (tertiary/aromatic N) is 1. The van der Waals surface area contributed by atoms with E-state index >= 15 is 0 Å². The van der Waals surface area contributed by atoms with Crippen LogP contribution in [-0.2, 0) is 0 Å². The Hall–Kier alpha value is -2.56. The van der Waals surface area contributed by atoms with Gasteiger partial charge in [-0.25, -0.2) is 4.79 Å². The number of aromatic nitrogens is 2. The zero-order valence-corrected chi connectivity index (χ0v) is 10.5. The van der Waals surface area contributed by atoms with Crippen molar-refractivity contribution in [3.63, 3.8) is 0 Å². The average molecular weight is 256 g/mol. The maximum atomic E-state index is 10.8. The molecule has 5 heteroatoms. The second kappa shape index (κ2) is 3.98. The first-order chi connectivity index (χ1) is 9.06. The van der Waals surface area contributed by atoms with E-state index in [2.05, 4.69) is 17.1 Å². The summed E-state index contributed by atoms with van der Waals surface area (Å²) < 4.78 is 5.05. The Balaban J connectivity index is 2.12. The van der Waals surface area contributed by atoms with Crippen LogP contribution >= 0.6 is 0 Å². The molecule has 0 aliphatic carbocycles. The number of aryl methyl sites for hydroxylation is 2. The molecule has 96 valence electrons. The number of carbonyl (C=O) groups is 1. The highest BCUT2D eigenvalue weighted by molar-refractivity contribution is 5.89. The highest BCUT2D eigenvalue weighted by Gasteiger charge is 2.13. The fourth-order valence-electron chi connectivity index (χ4n) is 2.14. The van der Waals surface area contributed by atoms with Gasteiger partial charge in [-0.2, -0.15) is 0 Å². The lowest BCUT2D eigenvalue weighted by atomic mass is 10.1. The monoisotopic (exact) mass is 256 g/mol. The number of aromatic carboxylic acids is 1. The number of carboxylic acid groups (broad SMARTS) is 1. The molecule has 0 amide bonds. The highest BCUT2D eigenvalue weighted by atomic mass is 16.5. The standard InChI is InChI=1S/C14H12N2O3/c1-7-8(2)15-11-5-9(3-4-10(7)11)13-6-12(14(17)18)16-19-13/h3-6,15H,1-2H3,(H,17,18). The molecule has 0 radical (unpaired) electrons. The summed E-state index contributed by atoms with van der Waals surface area (Å²) in [6.07, 6.45) is 0. The summed E-state index contributed by atoms with van der Waals surface area (Å²) in [6, 6.07) is 7.24. The molecule has 19 heavy (non-hydrogen) atoms. The Bertz CT molecular complexity index is 783. The van der Waals surface area contributed by atoms with Gasteiger partial charge in [0, 0.05) is 28.2 Å². The lowest BCUT2D eigenvalue weighted by Crippen LogP contribution is -1.94. The average Bonchev–Trinajstić information content (AvgIpc) is 2.96. The summed E-state index contributed by atoms with van der Waals surface area (Å²) in [6.45, 7) is 4.08. The minimum atomic E-state index is -1.09. The SMILES string of the molecule is Cc1[nH]c2cc(-c3cc(C(=O)O)no3)ccc2c1C. The van der Waals surface area contributed by atoms with Crippen LogP contribution in [0.1, 0.15) is 21.7 Å². The number of aromatic amines is 1. The zero-order valence-electron chi connectivity index (χ0n) is 10.5. The first-order valence-corrected chi connectivity index (χ1v) is 5.85. The molecule has 0 aliphatic heterocycles. The predicted octanol–water partition coefficient (Wildman–Crippen LogP) is 3.14. The summed E-state index contributed by atoms with van der Waals surface area (Å²) in [4.78, 5) is 14.1. The van der Waals surface area contributed by atoms with E-state index in [4.69, 9.17) is 9.63 Å². The van der Waals surface area contributed by atoms with Gasteiger partial charge in [0.15, 0.2) is 11.5 Å². The van der Waals surface area contributed by atoms with Crippen LogP contribution in [0.25, 0.3) is 22.2 Å². The number of hydrogen-bond donors (Lipinski definition) is 2. The van der Waals surface area contributed by atoms with E-state index in [-0.39, 0.29) is 5.69 Å². The quantitative estimate of drug-likeness (QED) is 0.738. The Morgan fingerprint density at radius 3 is 2.79 bits per heavy atom. The van der Waals surface area contributed by atoms with E-state index in [1.165, 1.54) is 11.6 Å². The van der Waals surface area contributed by atoms with Gasteiger partial charge in [0.1, 0.15) is 0 Å². The van der Waals surface area contributed by atoms with E-state index < -0.39 is 5.97 Å². The van der Waals surface area contributed by atoms with Crippen molar-refractivity contribution in [2.24, 2.45) is 0 Å².